The Balaban J connectivity index is 1.56. The number of nitrogens with zero attached hydrogens (tertiary/aromatic N) is 1. The van der Waals surface area contributed by atoms with Gasteiger partial charge in [-0.1, -0.05) is 0 Å². The maximum atomic E-state index is 12.7. The minimum atomic E-state index is -0.943. The van der Waals surface area contributed by atoms with Crippen LogP contribution in [-0.4, -0.2) is 36.1 Å². The van der Waals surface area contributed by atoms with Crippen molar-refractivity contribution in [2.24, 2.45) is 0 Å². The molecular weight excluding hydrogens is 402 g/mol. The summed E-state index contributed by atoms with van der Waals surface area (Å²) in [6.07, 6.45) is -0.270. The highest BCUT2D eigenvalue weighted by molar-refractivity contribution is 7.12. The van der Waals surface area contributed by atoms with Crippen LogP contribution in [-0.2, 0) is 20.7 Å². The highest BCUT2D eigenvalue weighted by Crippen LogP contribution is 2.29. The van der Waals surface area contributed by atoms with Gasteiger partial charge in [-0.05, 0) is 57.0 Å². The number of esters is 1. The molecule has 2 heterocycles. The van der Waals surface area contributed by atoms with Crippen LogP contribution in [0.3, 0.4) is 0 Å². The van der Waals surface area contributed by atoms with E-state index in [4.69, 9.17) is 4.74 Å². The Morgan fingerprint density at radius 2 is 1.87 bits per heavy atom. The number of hydrogen-bond acceptors (Lipinski definition) is 6. The first kappa shape index (κ1) is 21.9. The third-order valence-corrected chi connectivity index (χ3v) is 6.18. The molecule has 6 nitrogen and oxygen atoms in total. The molecule has 0 radical (unpaired) electrons. The van der Waals surface area contributed by atoms with Crippen molar-refractivity contribution in [3.63, 3.8) is 0 Å². The Bertz CT molecular complexity index is 1020. The number of rotatable bonds is 7. The zero-order valence-electron chi connectivity index (χ0n) is 17.6. The summed E-state index contributed by atoms with van der Waals surface area (Å²) in [5.41, 5.74) is 2.84. The van der Waals surface area contributed by atoms with E-state index >= 15 is 0 Å². The van der Waals surface area contributed by atoms with E-state index in [1.807, 2.05) is 19.9 Å². The number of ether oxygens (including phenoxy) is 1. The highest BCUT2D eigenvalue weighted by Gasteiger charge is 2.25. The molecule has 1 atom stereocenters. The topological polar surface area (TPSA) is 80.8 Å². The molecule has 1 aromatic heterocycles. The lowest BCUT2D eigenvalue weighted by Gasteiger charge is -2.16. The Hall–Kier alpha value is -2.80. The van der Waals surface area contributed by atoms with Crippen molar-refractivity contribution in [2.75, 3.05) is 11.4 Å². The van der Waals surface area contributed by atoms with Gasteiger partial charge in [0.15, 0.2) is 11.9 Å². The van der Waals surface area contributed by atoms with Crippen molar-refractivity contribution in [3.05, 3.63) is 50.7 Å². The molecule has 0 bridgehead atoms. The van der Waals surface area contributed by atoms with Crippen molar-refractivity contribution in [2.45, 2.75) is 53.1 Å². The summed E-state index contributed by atoms with van der Waals surface area (Å²) in [6, 6.07) is 7.00. The molecule has 1 aliphatic rings. The predicted molar refractivity (Wildman–Crippen MR) is 115 cm³/mol. The molecular formula is C23H25NO5S. The van der Waals surface area contributed by atoms with E-state index in [1.54, 1.807) is 34.4 Å². The number of hydrogen-bond donors (Lipinski definition) is 0. The number of carbonyl (C=O) groups excluding carboxylic acids is 4. The van der Waals surface area contributed by atoms with Gasteiger partial charge in [-0.2, -0.15) is 0 Å². The van der Waals surface area contributed by atoms with Crippen molar-refractivity contribution in [3.8, 4) is 0 Å². The van der Waals surface area contributed by atoms with Gasteiger partial charge in [0.25, 0.3) is 0 Å². The van der Waals surface area contributed by atoms with Crippen LogP contribution in [0.15, 0.2) is 24.3 Å². The minimum absolute atomic E-state index is 0.0301. The van der Waals surface area contributed by atoms with E-state index in [0.717, 1.165) is 21.0 Å². The van der Waals surface area contributed by atoms with Crippen LogP contribution in [0.25, 0.3) is 0 Å². The molecule has 2 aromatic rings. The molecule has 1 aromatic carbocycles. The summed E-state index contributed by atoms with van der Waals surface area (Å²) < 4.78 is 5.26. The van der Waals surface area contributed by atoms with E-state index in [-0.39, 0.29) is 30.3 Å². The quantitative estimate of drug-likeness (QED) is 0.492. The number of fused-ring (bicyclic) bond motifs is 1. The normalized spacial score (nSPS) is 13.7. The molecule has 0 N–H and O–H groups in total. The van der Waals surface area contributed by atoms with Gasteiger partial charge in [-0.15, -0.1) is 11.3 Å². The number of amides is 1. The Kier molecular flexibility index (Phi) is 6.51. The van der Waals surface area contributed by atoms with Gasteiger partial charge >= 0.3 is 5.97 Å². The lowest BCUT2D eigenvalue weighted by molar-refractivity contribution is -0.146. The van der Waals surface area contributed by atoms with Gasteiger partial charge in [0.1, 0.15) is 0 Å². The second-order valence-electron chi connectivity index (χ2n) is 7.51. The van der Waals surface area contributed by atoms with Crippen LogP contribution in [0, 0.1) is 13.8 Å². The van der Waals surface area contributed by atoms with Gasteiger partial charge in [0, 0.05) is 46.5 Å². The van der Waals surface area contributed by atoms with Gasteiger partial charge in [0.2, 0.25) is 11.7 Å². The number of aryl methyl sites for hydroxylation is 2. The van der Waals surface area contributed by atoms with Gasteiger partial charge in [0.05, 0.1) is 6.42 Å². The minimum Gasteiger partial charge on any atom is -0.454 e. The van der Waals surface area contributed by atoms with Crippen molar-refractivity contribution >= 4 is 40.5 Å². The van der Waals surface area contributed by atoms with E-state index in [1.165, 1.54) is 13.8 Å². The summed E-state index contributed by atoms with van der Waals surface area (Å²) in [6.45, 7) is 7.47. The largest absolute Gasteiger partial charge is 0.454 e. The van der Waals surface area contributed by atoms with Crippen molar-refractivity contribution in [1.29, 1.82) is 0 Å². The molecule has 1 unspecified atom stereocenters. The van der Waals surface area contributed by atoms with Crippen LogP contribution in [0.4, 0.5) is 5.69 Å². The van der Waals surface area contributed by atoms with E-state index in [9.17, 15) is 19.2 Å². The SMILES string of the molecule is CC(=O)N1CCc2cc(C(=O)C(C)OC(=O)CCC(=O)c3cc(C)sc3C)ccc21. The van der Waals surface area contributed by atoms with Crippen LogP contribution >= 0.6 is 11.3 Å². The third-order valence-electron chi connectivity index (χ3n) is 5.21. The van der Waals surface area contributed by atoms with Crippen LogP contribution in [0.1, 0.15) is 62.7 Å². The van der Waals surface area contributed by atoms with Gasteiger partial charge in [-0.3, -0.25) is 19.2 Å². The first-order chi connectivity index (χ1) is 14.2. The van der Waals surface area contributed by atoms with E-state index in [0.29, 0.717) is 24.1 Å². The zero-order chi connectivity index (χ0) is 22.0. The average Bonchev–Trinajstić information content (AvgIpc) is 3.27. The molecule has 1 aliphatic heterocycles. The molecule has 0 saturated carbocycles. The second kappa shape index (κ2) is 8.92. The van der Waals surface area contributed by atoms with Crippen molar-refractivity contribution < 1.29 is 23.9 Å². The van der Waals surface area contributed by atoms with Crippen LogP contribution in [0.5, 0.6) is 0 Å². The fourth-order valence-corrected chi connectivity index (χ4v) is 4.63. The summed E-state index contributed by atoms with van der Waals surface area (Å²) in [5, 5.41) is 0. The molecule has 3 rings (SSSR count). The fourth-order valence-electron chi connectivity index (χ4n) is 3.68. The molecule has 1 amide bonds. The lowest BCUT2D eigenvalue weighted by atomic mass is 10.0. The van der Waals surface area contributed by atoms with Gasteiger partial charge in [-0.25, -0.2) is 0 Å². The fraction of sp³-hybridized carbons (Fsp3) is 0.391. The maximum absolute atomic E-state index is 12.7. The van der Waals surface area contributed by atoms with E-state index < -0.39 is 12.1 Å². The number of ketones is 2. The Labute approximate surface area is 179 Å². The summed E-state index contributed by atoms with van der Waals surface area (Å²) >= 11 is 1.55. The highest BCUT2D eigenvalue weighted by atomic mass is 32.1. The summed E-state index contributed by atoms with van der Waals surface area (Å²) in [4.78, 5) is 52.5. The molecule has 0 spiro atoms. The van der Waals surface area contributed by atoms with Crippen LogP contribution in [0.2, 0.25) is 0 Å². The van der Waals surface area contributed by atoms with E-state index in [2.05, 4.69) is 0 Å². The molecule has 7 heteroatoms. The predicted octanol–water partition coefficient (Wildman–Crippen LogP) is 4.05. The molecule has 158 valence electrons. The lowest BCUT2D eigenvalue weighted by Crippen LogP contribution is -2.26. The average molecular weight is 428 g/mol. The number of thiophene rings is 1. The Morgan fingerprint density at radius 3 is 2.50 bits per heavy atom. The Morgan fingerprint density at radius 1 is 1.13 bits per heavy atom. The first-order valence-electron chi connectivity index (χ1n) is 9.92. The van der Waals surface area contributed by atoms with Crippen LogP contribution < -0.4 is 4.90 Å². The standard InChI is InChI=1S/C23H25NO5S/c1-13-11-19(15(3)30-13)21(26)7-8-22(27)29-14(2)23(28)18-5-6-20-17(12-18)9-10-24(20)16(4)25/h5-6,11-12,14H,7-10H2,1-4H3. The van der Waals surface area contributed by atoms with Gasteiger partial charge < -0.3 is 9.64 Å². The smallest absolute Gasteiger partial charge is 0.306 e. The summed E-state index contributed by atoms with van der Waals surface area (Å²) in [5.74, 6) is -1.00. The molecule has 0 aliphatic carbocycles. The summed E-state index contributed by atoms with van der Waals surface area (Å²) in [7, 11) is 0. The molecule has 0 saturated heterocycles. The molecule has 0 fully saturated rings. The maximum Gasteiger partial charge on any atom is 0.306 e. The third kappa shape index (κ3) is 4.67. The number of Topliss-reactive ketones (excluding diaryl/α,β-unsaturated/α-hetero) is 2. The number of carbonyl (C=O) groups is 4. The monoisotopic (exact) mass is 427 g/mol. The number of anilines is 1. The first-order valence-corrected chi connectivity index (χ1v) is 10.7. The zero-order valence-corrected chi connectivity index (χ0v) is 18.4. The number of benzene rings is 1. The van der Waals surface area contributed by atoms with Crippen molar-refractivity contribution in [1.82, 2.24) is 0 Å². The molecule has 30 heavy (non-hydrogen) atoms. The second-order valence-corrected chi connectivity index (χ2v) is 8.97.